The predicted octanol–water partition coefficient (Wildman–Crippen LogP) is 2.70. The minimum atomic E-state index is -0.786. The van der Waals surface area contributed by atoms with Crippen LogP contribution in [0.1, 0.15) is 51.9 Å². The van der Waals surface area contributed by atoms with E-state index in [1.54, 1.807) is 0 Å². The molecule has 1 aliphatic carbocycles. The number of likely N-dealkylation sites (tertiary alicyclic amines) is 1. The third-order valence-corrected chi connectivity index (χ3v) is 5.87. The number of nitrogens with zero attached hydrogens (tertiary/aromatic N) is 2. The Morgan fingerprint density at radius 3 is 2.48 bits per heavy atom. The van der Waals surface area contributed by atoms with Crippen LogP contribution >= 0.6 is 0 Å². The normalized spacial score (nSPS) is 20.6. The number of nitrogens with one attached hydrogen (secondary N) is 1. The average molecular weight is 351 g/mol. The molecule has 0 unspecified atom stereocenters. The fourth-order valence-corrected chi connectivity index (χ4v) is 4.37. The van der Waals surface area contributed by atoms with Gasteiger partial charge < -0.3 is 15.3 Å². The molecule has 6 heteroatoms. The van der Waals surface area contributed by atoms with Crippen LogP contribution in [-0.2, 0) is 4.79 Å². The molecule has 1 aliphatic heterocycles. The van der Waals surface area contributed by atoms with Gasteiger partial charge in [0.2, 0.25) is 0 Å². The maximum absolute atomic E-state index is 12.5. The van der Waals surface area contributed by atoms with Gasteiger partial charge in [0.15, 0.2) is 0 Å². The number of hydrogen-bond acceptors (Lipinski definition) is 3. The summed E-state index contributed by atoms with van der Waals surface area (Å²) >= 11 is 0. The van der Waals surface area contributed by atoms with Crippen molar-refractivity contribution in [1.82, 2.24) is 15.1 Å². The first-order chi connectivity index (χ1) is 12.0. The van der Waals surface area contributed by atoms with E-state index < -0.39 is 5.97 Å². The van der Waals surface area contributed by atoms with Crippen molar-refractivity contribution in [3.05, 3.63) is 12.7 Å². The molecule has 2 rings (SSSR count). The zero-order chi connectivity index (χ0) is 18.3. The van der Waals surface area contributed by atoms with Crippen molar-refractivity contribution >= 4 is 12.0 Å². The molecular formula is C19H33N3O3. The lowest BCUT2D eigenvalue weighted by atomic mass is 9.82. The maximum Gasteiger partial charge on any atom is 0.317 e. The summed E-state index contributed by atoms with van der Waals surface area (Å²) in [5.74, 6) is -0.786. The van der Waals surface area contributed by atoms with E-state index in [-0.39, 0.29) is 24.0 Å². The molecule has 1 saturated heterocycles. The molecule has 0 aromatic heterocycles. The lowest BCUT2D eigenvalue weighted by Crippen LogP contribution is -2.51. The summed E-state index contributed by atoms with van der Waals surface area (Å²) in [5.41, 5.74) is 0.205. The summed E-state index contributed by atoms with van der Waals surface area (Å²) < 4.78 is 0. The Balaban J connectivity index is 1.78. The van der Waals surface area contributed by atoms with Crippen LogP contribution in [0.5, 0.6) is 0 Å². The van der Waals surface area contributed by atoms with Gasteiger partial charge in [-0.3, -0.25) is 9.69 Å². The van der Waals surface area contributed by atoms with Crippen LogP contribution in [0.3, 0.4) is 0 Å². The molecule has 1 heterocycles. The highest BCUT2D eigenvalue weighted by Gasteiger charge is 2.34. The number of carboxylic acids is 1. The van der Waals surface area contributed by atoms with Gasteiger partial charge in [0.25, 0.3) is 0 Å². The van der Waals surface area contributed by atoms with Gasteiger partial charge in [0.1, 0.15) is 0 Å². The molecule has 0 spiro atoms. The third-order valence-electron chi connectivity index (χ3n) is 5.87. The summed E-state index contributed by atoms with van der Waals surface area (Å²) in [6.07, 6.45) is 9.44. The molecule has 25 heavy (non-hydrogen) atoms. The second kappa shape index (κ2) is 9.22. The number of likely N-dealkylation sites (N-methyl/N-ethyl adjacent to an activating group) is 1. The number of carbonyl (C=O) groups is 2. The number of rotatable bonds is 8. The van der Waals surface area contributed by atoms with E-state index >= 15 is 0 Å². The van der Waals surface area contributed by atoms with Gasteiger partial charge in [-0.25, -0.2) is 4.79 Å². The maximum atomic E-state index is 12.5. The van der Waals surface area contributed by atoms with Crippen molar-refractivity contribution in [3.8, 4) is 0 Å². The predicted molar refractivity (Wildman–Crippen MR) is 98.6 cm³/mol. The molecule has 6 nitrogen and oxygen atoms in total. The number of amides is 2. The number of piperidine rings is 1. The van der Waals surface area contributed by atoms with Crippen LogP contribution in [0, 0.1) is 5.41 Å². The number of urea groups is 1. The van der Waals surface area contributed by atoms with Crippen molar-refractivity contribution in [1.29, 1.82) is 0 Å². The first kappa shape index (κ1) is 19.8. The Bertz CT molecular complexity index is 467. The van der Waals surface area contributed by atoms with Crippen LogP contribution in [0.25, 0.3) is 0 Å². The van der Waals surface area contributed by atoms with Crippen molar-refractivity contribution in [3.63, 3.8) is 0 Å². The highest BCUT2D eigenvalue weighted by Crippen LogP contribution is 2.40. The fraction of sp³-hybridized carbons (Fsp3) is 0.789. The Labute approximate surface area is 151 Å². The first-order valence-corrected chi connectivity index (χ1v) is 9.59. The molecule has 0 radical (unpaired) electrons. The van der Waals surface area contributed by atoms with E-state index in [1.165, 1.54) is 25.7 Å². The van der Waals surface area contributed by atoms with E-state index in [2.05, 4.69) is 11.9 Å². The first-order valence-electron chi connectivity index (χ1n) is 9.59. The lowest BCUT2D eigenvalue weighted by Gasteiger charge is -2.38. The van der Waals surface area contributed by atoms with Crippen LogP contribution in [0.2, 0.25) is 0 Å². The topological polar surface area (TPSA) is 72.9 Å². The van der Waals surface area contributed by atoms with Gasteiger partial charge in [-0.1, -0.05) is 25.8 Å². The van der Waals surface area contributed by atoms with Crippen molar-refractivity contribution in [2.45, 2.75) is 57.9 Å². The third kappa shape index (κ3) is 5.46. The molecule has 0 aromatic carbocycles. The van der Waals surface area contributed by atoms with Crippen LogP contribution in [0.4, 0.5) is 4.79 Å². The molecule has 142 valence electrons. The Morgan fingerprint density at radius 2 is 1.96 bits per heavy atom. The van der Waals surface area contributed by atoms with E-state index in [4.69, 9.17) is 5.11 Å². The Kier molecular flexibility index (Phi) is 7.29. The van der Waals surface area contributed by atoms with Crippen molar-refractivity contribution in [2.75, 3.05) is 32.7 Å². The molecule has 0 aromatic rings. The van der Waals surface area contributed by atoms with Gasteiger partial charge in [-0.05, 0) is 44.1 Å². The molecule has 1 saturated carbocycles. The summed E-state index contributed by atoms with van der Waals surface area (Å²) in [5, 5.41) is 12.1. The van der Waals surface area contributed by atoms with E-state index in [0.29, 0.717) is 13.1 Å². The monoisotopic (exact) mass is 351 g/mol. The van der Waals surface area contributed by atoms with Crippen LogP contribution < -0.4 is 5.32 Å². The summed E-state index contributed by atoms with van der Waals surface area (Å²) in [6, 6.07) is 0.280. The SMILES string of the molecule is C=CCC1(CNC(=O)N2CCC(N(CC)CC(=O)O)CC2)CCCC1. The van der Waals surface area contributed by atoms with Crippen LogP contribution in [0.15, 0.2) is 12.7 Å². The van der Waals surface area contributed by atoms with Gasteiger partial charge in [-0.2, -0.15) is 0 Å². The number of aliphatic carboxylic acids is 1. The van der Waals surface area contributed by atoms with Crippen molar-refractivity contribution < 1.29 is 14.7 Å². The standard InChI is InChI=1S/C19H33N3O3/c1-3-9-19(10-5-6-11-19)15-20-18(25)22-12-7-16(8-13-22)21(4-2)14-17(23)24/h3,16H,1,4-15H2,2H3,(H,20,25)(H,23,24). The van der Waals surface area contributed by atoms with E-state index in [0.717, 1.165) is 32.4 Å². The summed E-state index contributed by atoms with van der Waals surface area (Å²) in [6.45, 7) is 8.79. The largest absolute Gasteiger partial charge is 0.480 e. The summed E-state index contributed by atoms with van der Waals surface area (Å²) in [4.78, 5) is 27.3. The van der Waals surface area contributed by atoms with Gasteiger partial charge in [0, 0.05) is 25.7 Å². The smallest absolute Gasteiger partial charge is 0.317 e. The Morgan fingerprint density at radius 1 is 1.32 bits per heavy atom. The van der Waals surface area contributed by atoms with Crippen LogP contribution in [-0.4, -0.2) is 65.7 Å². The molecule has 0 bridgehead atoms. The quantitative estimate of drug-likeness (QED) is 0.660. The van der Waals surface area contributed by atoms with Gasteiger partial charge in [-0.15, -0.1) is 6.58 Å². The highest BCUT2D eigenvalue weighted by atomic mass is 16.4. The molecule has 2 N–H and O–H groups in total. The Hall–Kier alpha value is -1.56. The summed E-state index contributed by atoms with van der Waals surface area (Å²) in [7, 11) is 0. The second-order valence-electron chi connectivity index (χ2n) is 7.53. The zero-order valence-corrected chi connectivity index (χ0v) is 15.5. The van der Waals surface area contributed by atoms with Gasteiger partial charge in [0.05, 0.1) is 6.54 Å². The molecular weight excluding hydrogens is 318 g/mol. The van der Waals surface area contributed by atoms with Crippen molar-refractivity contribution in [2.24, 2.45) is 5.41 Å². The number of carboxylic acid groups (broad SMARTS) is 1. The zero-order valence-electron chi connectivity index (χ0n) is 15.5. The molecule has 2 amide bonds. The van der Waals surface area contributed by atoms with E-state index in [9.17, 15) is 9.59 Å². The second-order valence-corrected chi connectivity index (χ2v) is 7.53. The number of allylic oxidation sites excluding steroid dienone is 1. The lowest BCUT2D eigenvalue weighted by molar-refractivity contribution is -0.139. The highest BCUT2D eigenvalue weighted by molar-refractivity contribution is 5.74. The van der Waals surface area contributed by atoms with E-state index in [1.807, 2.05) is 22.8 Å². The number of hydrogen-bond donors (Lipinski definition) is 2. The molecule has 2 fully saturated rings. The molecule has 2 aliphatic rings. The number of carbonyl (C=O) groups excluding carboxylic acids is 1. The minimum Gasteiger partial charge on any atom is -0.480 e. The fourth-order valence-electron chi connectivity index (χ4n) is 4.37. The average Bonchev–Trinajstić information content (AvgIpc) is 3.07. The van der Waals surface area contributed by atoms with Gasteiger partial charge >= 0.3 is 12.0 Å². The molecule has 0 atom stereocenters. The minimum absolute atomic E-state index is 0.0232.